The van der Waals surface area contributed by atoms with E-state index in [9.17, 15) is 8.42 Å². The predicted molar refractivity (Wildman–Crippen MR) is 75.4 cm³/mol. The molecule has 3 rings (SSSR count). The first-order chi connectivity index (χ1) is 9.49. The minimum absolute atomic E-state index is 0.0252. The van der Waals surface area contributed by atoms with Crippen LogP contribution in [0, 0.1) is 17.8 Å². The Kier molecular flexibility index (Phi) is 3.64. The Hall–Kier alpha value is -0.850. The SMILES string of the molecule is CC(NS(=O)(=O)c1c[nH]c(CO)c1)C1CC2CCC1C2. The number of aliphatic hydroxyl groups excluding tert-OH is 1. The van der Waals surface area contributed by atoms with Gasteiger partial charge in [0.25, 0.3) is 0 Å². The van der Waals surface area contributed by atoms with Crippen LogP contribution in [0.25, 0.3) is 0 Å². The summed E-state index contributed by atoms with van der Waals surface area (Å²) in [5, 5.41) is 9.00. The van der Waals surface area contributed by atoms with Gasteiger partial charge in [0.15, 0.2) is 0 Å². The summed E-state index contributed by atoms with van der Waals surface area (Å²) in [4.78, 5) is 2.97. The Labute approximate surface area is 119 Å². The Balaban J connectivity index is 1.69. The third-order valence-electron chi connectivity index (χ3n) is 4.97. The largest absolute Gasteiger partial charge is 0.390 e. The number of nitrogens with one attached hydrogen (secondary N) is 2. The average Bonchev–Trinajstić information content (AvgIpc) is 3.13. The zero-order valence-corrected chi connectivity index (χ0v) is 12.5. The van der Waals surface area contributed by atoms with E-state index < -0.39 is 10.0 Å². The van der Waals surface area contributed by atoms with Gasteiger partial charge in [-0.3, -0.25) is 0 Å². The number of sulfonamides is 1. The van der Waals surface area contributed by atoms with Crippen molar-refractivity contribution < 1.29 is 13.5 Å². The molecule has 2 bridgehead atoms. The topological polar surface area (TPSA) is 82.2 Å². The molecule has 0 radical (unpaired) electrons. The van der Waals surface area contributed by atoms with E-state index in [0.29, 0.717) is 17.5 Å². The van der Waals surface area contributed by atoms with Crippen molar-refractivity contribution in [3.05, 3.63) is 18.0 Å². The molecule has 2 fully saturated rings. The van der Waals surface area contributed by atoms with Crippen LogP contribution in [0.3, 0.4) is 0 Å². The van der Waals surface area contributed by atoms with Crippen molar-refractivity contribution in [3.8, 4) is 0 Å². The highest BCUT2D eigenvalue weighted by Crippen LogP contribution is 2.49. The first-order valence-electron chi connectivity index (χ1n) is 7.30. The molecule has 0 spiro atoms. The van der Waals surface area contributed by atoms with Crippen LogP contribution in [0.4, 0.5) is 0 Å². The molecule has 2 saturated carbocycles. The van der Waals surface area contributed by atoms with Crippen molar-refractivity contribution in [2.24, 2.45) is 17.8 Å². The summed E-state index contributed by atoms with van der Waals surface area (Å²) < 4.78 is 27.5. The lowest BCUT2D eigenvalue weighted by atomic mass is 9.84. The van der Waals surface area contributed by atoms with E-state index in [-0.39, 0.29) is 17.5 Å². The monoisotopic (exact) mass is 298 g/mol. The standard InChI is InChI=1S/C14H22N2O3S/c1-9(14-5-10-2-3-11(14)4-10)16-20(18,19)13-6-12(8-17)15-7-13/h6-7,9-11,14-17H,2-5,8H2,1H3. The molecule has 2 aliphatic rings. The molecule has 6 heteroatoms. The van der Waals surface area contributed by atoms with Gasteiger partial charge in [0.05, 0.1) is 11.5 Å². The van der Waals surface area contributed by atoms with Gasteiger partial charge in [-0.1, -0.05) is 6.42 Å². The van der Waals surface area contributed by atoms with Crippen LogP contribution in [-0.2, 0) is 16.6 Å². The van der Waals surface area contributed by atoms with E-state index in [1.807, 2.05) is 6.92 Å². The van der Waals surface area contributed by atoms with E-state index in [0.717, 1.165) is 12.3 Å². The molecule has 0 aromatic carbocycles. The highest BCUT2D eigenvalue weighted by molar-refractivity contribution is 7.89. The molecule has 4 atom stereocenters. The molecule has 1 aromatic heterocycles. The summed E-state index contributed by atoms with van der Waals surface area (Å²) in [5.74, 6) is 1.97. The number of aromatic nitrogens is 1. The van der Waals surface area contributed by atoms with Gasteiger partial charge in [0.1, 0.15) is 0 Å². The smallest absolute Gasteiger partial charge is 0.242 e. The highest BCUT2D eigenvalue weighted by Gasteiger charge is 2.42. The Bertz CT molecular complexity index is 581. The number of hydrogen-bond acceptors (Lipinski definition) is 3. The molecular formula is C14H22N2O3S. The minimum atomic E-state index is -3.50. The molecule has 3 N–H and O–H groups in total. The van der Waals surface area contributed by atoms with E-state index in [1.54, 1.807) is 0 Å². The molecule has 2 aliphatic carbocycles. The molecule has 0 aliphatic heterocycles. The van der Waals surface area contributed by atoms with E-state index >= 15 is 0 Å². The lowest BCUT2D eigenvalue weighted by Crippen LogP contribution is -2.39. The van der Waals surface area contributed by atoms with Crippen LogP contribution in [0.5, 0.6) is 0 Å². The molecule has 4 unspecified atom stereocenters. The first kappa shape index (κ1) is 14.1. The Morgan fingerprint density at radius 2 is 2.25 bits per heavy atom. The summed E-state index contributed by atoms with van der Waals surface area (Å²) in [6, 6.07) is 1.46. The molecule has 1 aromatic rings. The quantitative estimate of drug-likeness (QED) is 0.772. The van der Waals surface area contributed by atoms with Crippen LogP contribution >= 0.6 is 0 Å². The lowest BCUT2D eigenvalue weighted by molar-refractivity contribution is 0.277. The summed E-state index contributed by atoms with van der Waals surface area (Å²) in [5.41, 5.74) is 0.512. The van der Waals surface area contributed by atoms with Gasteiger partial charge in [-0.05, 0) is 50.0 Å². The molecular weight excluding hydrogens is 276 g/mol. The fourth-order valence-electron chi connectivity index (χ4n) is 3.97. The van der Waals surface area contributed by atoms with Crippen molar-refractivity contribution >= 4 is 10.0 Å². The number of rotatable bonds is 5. The van der Waals surface area contributed by atoms with Crippen LogP contribution in [0.1, 0.15) is 38.3 Å². The Morgan fingerprint density at radius 3 is 2.80 bits per heavy atom. The number of fused-ring (bicyclic) bond motifs is 2. The maximum absolute atomic E-state index is 12.3. The second-order valence-electron chi connectivity index (χ2n) is 6.27. The zero-order chi connectivity index (χ0) is 14.3. The third-order valence-corrected chi connectivity index (χ3v) is 6.51. The number of H-pyrrole nitrogens is 1. The normalized spacial score (nSPS) is 30.8. The summed E-state index contributed by atoms with van der Waals surface area (Å²) in [6.07, 6.45) is 6.43. The fraction of sp³-hybridized carbons (Fsp3) is 0.714. The van der Waals surface area contributed by atoms with Crippen molar-refractivity contribution in [3.63, 3.8) is 0 Å². The third kappa shape index (κ3) is 2.52. The average molecular weight is 298 g/mol. The van der Waals surface area contributed by atoms with E-state index in [1.165, 1.54) is 31.5 Å². The maximum Gasteiger partial charge on any atom is 0.242 e. The van der Waals surface area contributed by atoms with Crippen LogP contribution in [0.2, 0.25) is 0 Å². The van der Waals surface area contributed by atoms with Gasteiger partial charge in [-0.25, -0.2) is 13.1 Å². The van der Waals surface area contributed by atoms with Gasteiger partial charge in [0, 0.05) is 17.9 Å². The van der Waals surface area contributed by atoms with Gasteiger partial charge < -0.3 is 10.1 Å². The van der Waals surface area contributed by atoms with Gasteiger partial charge in [0.2, 0.25) is 10.0 Å². The van der Waals surface area contributed by atoms with E-state index in [4.69, 9.17) is 5.11 Å². The van der Waals surface area contributed by atoms with Crippen molar-refractivity contribution in [1.82, 2.24) is 9.71 Å². The molecule has 1 heterocycles. The Morgan fingerprint density at radius 1 is 1.45 bits per heavy atom. The lowest BCUT2D eigenvalue weighted by Gasteiger charge is -2.28. The summed E-state index contributed by atoms with van der Waals surface area (Å²) >= 11 is 0. The molecule has 5 nitrogen and oxygen atoms in total. The van der Waals surface area contributed by atoms with Gasteiger partial charge in [-0.15, -0.1) is 0 Å². The number of aliphatic hydroxyl groups is 1. The van der Waals surface area contributed by atoms with Gasteiger partial charge in [-0.2, -0.15) is 0 Å². The van der Waals surface area contributed by atoms with Gasteiger partial charge >= 0.3 is 0 Å². The van der Waals surface area contributed by atoms with Crippen LogP contribution in [-0.4, -0.2) is 24.6 Å². The first-order valence-corrected chi connectivity index (χ1v) is 8.78. The van der Waals surface area contributed by atoms with Crippen LogP contribution < -0.4 is 4.72 Å². The molecule has 0 amide bonds. The summed E-state index contributed by atoms with van der Waals surface area (Å²) in [6.45, 7) is 1.79. The second-order valence-corrected chi connectivity index (χ2v) is 7.98. The van der Waals surface area contributed by atoms with Crippen molar-refractivity contribution in [2.45, 2.75) is 50.2 Å². The molecule has 20 heavy (non-hydrogen) atoms. The number of hydrogen-bond donors (Lipinski definition) is 3. The van der Waals surface area contributed by atoms with E-state index in [2.05, 4.69) is 9.71 Å². The number of aromatic amines is 1. The van der Waals surface area contributed by atoms with Crippen LogP contribution in [0.15, 0.2) is 17.2 Å². The predicted octanol–water partition coefficient (Wildman–Crippen LogP) is 1.61. The maximum atomic E-state index is 12.3. The highest BCUT2D eigenvalue weighted by atomic mass is 32.2. The van der Waals surface area contributed by atoms with Crippen molar-refractivity contribution in [1.29, 1.82) is 0 Å². The fourth-order valence-corrected chi connectivity index (χ4v) is 5.28. The summed E-state index contributed by atoms with van der Waals surface area (Å²) in [7, 11) is -3.50. The molecule has 0 saturated heterocycles. The zero-order valence-electron chi connectivity index (χ0n) is 11.7. The second kappa shape index (κ2) is 5.16. The minimum Gasteiger partial charge on any atom is -0.390 e. The van der Waals surface area contributed by atoms with Crippen molar-refractivity contribution in [2.75, 3.05) is 0 Å². The molecule has 112 valence electrons.